The predicted octanol–water partition coefficient (Wildman–Crippen LogP) is 6.13. The summed E-state index contributed by atoms with van der Waals surface area (Å²) in [4.78, 5) is 15.1. The Kier molecular flexibility index (Phi) is 6.58. The van der Waals surface area contributed by atoms with Gasteiger partial charge in [-0.15, -0.1) is 0 Å². The number of aryl methyl sites for hydroxylation is 1. The van der Waals surface area contributed by atoms with Gasteiger partial charge >= 0.3 is 0 Å². The lowest BCUT2D eigenvalue weighted by molar-refractivity contribution is -0.113. The molecule has 3 aromatic rings. The lowest BCUT2D eigenvalue weighted by Crippen LogP contribution is -2.27. The molecule has 0 saturated carbocycles. The van der Waals surface area contributed by atoms with Crippen molar-refractivity contribution in [3.63, 3.8) is 0 Å². The Morgan fingerprint density at radius 3 is 2.62 bits per heavy atom. The Morgan fingerprint density at radius 1 is 1.06 bits per heavy atom. The zero-order valence-corrected chi connectivity index (χ0v) is 19.1. The van der Waals surface area contributed by atoms with Gasteiger partial charge in [0.1, 0.15) is 12.4 Å². The molecule has 4 rings (SSSR count). The Labute approximate surface area is 195 Å². The summed E-state index contributed by atoms with van der Waals surface area (Å²) in [6, 6.07) is 19.5. The van der Waals surface area contributed by atoms with E-state index < -0.39 is 0 Å². The number of thiocarbonyl (C=S) groups is 1. The number of ether oxygens (including phenoxy) is 2. The highest BCUT2D eigenvalue weighted by Gasteiger charge is 2.33. The first-order chi connectivity index (χ1) is 15.5. The number of methoxy groups -OCH3 is 1. The quantitative estimate of drug-likeness (QED) is 0.324. The van der Waals surface area contributed by atoms with E-state index >= 15 is 0 Å². The van der Waals surface area contributed by atoms with Crippen molar-refractivity contribution < 1.29 is 18.7 Å². The van der Waals surface area contributed by atoms with E-state index in [1.54, 1.807) is 41.3 Å². The van der Waals surface area contributed by atoms with Crippen molar-refractivity contribution in [2.75, 3.05) is 12.0 Å². The number of hydrogen-bond donors (Lipinski definition) is 0. The number of halogens is 1. The molecule has 1 saturated heterocycles. The fraction of sp³-hybridized carbons (Fsp3) is 0.120. The van der Waals surface area contributed by atoms with Gasteiger partial charge < -0.3 is 9.47 Å². The number of anilines is 1. The smallest absolute Gasteiger partial charge is 0.270 e. The Hall–Kier alpha value is -3.16. The van der Waals surface area contributed by atoms with Crippen molar-refractivity contribution >= 4 is 46.0 Å². The molecular weight excluding hydrogens is 445 g/mol. The molecule has 32 heavy (non-hydrogen) atoms. The number of thioether (sulfide) groups is 1. The third kappa shape index (κ3) is 4.69. The van der Waals surface area contributed by atoms with Gasteiger partial charge in [-0.05, 0) is 54.5 Å². The van der Waals surface area contributed by atoms with E-state index in [-0.39, 0.29) is 18.3 Å². The Morgan fingerprint density at radius 2 is 1.88 bits per heavy atom. The monoisotopic (exact) mass is 465 g/mol. The summed E-state index contributed by atoms with van der Waals surface area (Å²) in [7, 11) is 1.53. The number of carbonyl (C=O) groups excluding carboxylic acids is 1. The summed E-state index contributed by atoms with van der Waals surface area (Å²) >= 11 is 6.71. The third-order valence-electron chi connectivity index (χ3n) is 4.88. The van der Waals surface area contributed by atoms with Crippen molar-refractivity contribution in [1.29, 1.82) is 0 Å². The minimum Gasteiger partial charge on any atom is -0.493 e. The van der Waals surface area contributed by atoms with E-state index in [2.05, 4.69) is 0 Å². The van der Waals surface area contributed by atoms with E-state index in [1.807, 2.05) is 37.3 Å². The van der Waals surface area contributed by atoms with Gasteiger partial charge in [-0.25, -0.2) is 4.39 Å². The fourth-order valence-corrected chi connectivity index (χ4v) is 4.57. The first-order valence-electron chi connectivity index (χ1n) is 9.85. The molecular formula is C25H20FNO3S2. The van der Waals surface area contributed by atoms with Crippen LogP contribution in [0, 0.1) is 12.7 Å². The molecule has 4 nitrogen and oxygen atoms in total. The maximum Gasteiger partial charge on any atom is 0.270 e. The van der Waals surface area contributed by atoms with Crippen LogP contribution in [0.3, 0.4) is 0 Å². The molecule has 1 heterocycles. The highest BCUT2D eigenvalue weighted by molar-refractivity contribution is 8.27. The Bertz CT molecular complexity index is 1230. The highest BCUT2D eigenvalue weighted by Crippen LogP contribution is 2.37. The molecule has 162 valence electrons. The lowest BCUT2D eigenvalue weighted by Gasteiger charge is -2.14. The molecule has 1 aliphatic heterocycles. The van der Waals surface area contributed by atoms with Gasteiger partial charge in [0.25, 0.3) is 5.91 Å². The number of nitrogens with zero attached hydrogens (tertiary/aromatic N) is 1. The summed E-state index contributed by atoms with van der Waals surface area (Å²) in [5.74, 6) is 0.493. The maximum atomic E-state index is 13.8. The first-order valence-corrected chi connectivity index (χ1v) is 11.1. The standard InChI is InChI=1S/C25H20FNO3S2/c1-16-6-5-8-19(12-16)27-24(28)23(32-25(27)31)14-17-10-11-21(22(13-17)29-2)30-15-18-7-3-4-9-20(18)26/h3-14H,15H2,1-2H3. The van der Waals surface area contributed by atoms with Crippen LogP contribution in [0.25, 0.3) is 6.08 Å². The second-order valence-corrected chi connectivity index (χ2v) is 8.82. The van der Waals surface area contributed by atoms with Crippen LogP contribution >= 0.6 is 24.0 Å². The van der Waals surface area contributed by atoms with Gasteiger partial charge in [0.05, 0.1) is 17.7 Å². The Balaban J connectivity index is 1.54. The molecule has 7 heteroatoms. The van der Waals surface area contributed by atoms with Gasteiger partial charge in [-0.1, -0.05) is 60.4 Å². The van der Waals surface area contributed by atoms with Gasteiger partial charge in [0.15, 0.2) is 15.8 Å². The SMILES string of the molecule is COc1cc(C=C2SC(=S)N(c3cccc(C)c3)C2=O)ccc1OCc1ccccc1F. The lowest BCUT2D eigenvalue weighted by atomic mass is 10.1. The molecule has 0 N–H and O–H groups in total. The van der Waals surface area contributed by atoms with Crippen LogP contribution in [-0.2, 0) is 11.4 Å². The van der Waals surface area contributed by atoms with E-state index in [9.17, 15) is 9.18 Å². The second kappa shape index (κ2) is 9.54. The van der Waals surface area contributed by atoms with E-state index in [0.29, 0.717) is 26.3 Å². The predicted molar refractivity (Wildman–Crippen MR) is 131 cm³/mol. The minimum absolute atomic E-state index is 0.0809. The highest BCUT2D eigenvalue weighted by atomic mass is 32.2. The molecule has 0 spiro atoms. The van der Waals surface area contributed by atoms with Crippen LogP contribution in [-0.4, -0.2) is 17.3 Å². The normalized spacial score (nSPS) is 14.8. The zero-order chi connectivity index (χ0) is 22.7. The molecule has 0 unspecified atom stereocenters. The van der Waals surface area contributed by atoms with Gasteiger partial charge in [-0.2, -0.15) is 0 Å². The number of benzene rings is 3. The molecule has 0 aliphatic carbocycles. The van der Waals surface area contributed by atoms with Gasteiger partial charge in [0.2, 0.25) is 0 Å². The van der Waals surface area contributed by atoms with Gasteiger partial charge in [-0.3, -0.25) is 9.69 Å². The average molecular weight is 466 g/mol. The molecule has 0 aromatic heterocycles. The van der Waals surface area contributed by atoms with Crippen LogP contribution in [0.4, 0.5) is 10.1 Å². The first kappa shape index (κ1) is 22.0. The van der Waals surface area contributed by atoms with Crippen LogP contribution < -0.4 is 14.4 Å². The molecule has 3 aromatic carbocycles. The van der Waals surface area contributed by atoms with Crippen molar-refractivity contribution in [3.05, 3.63) is 94.1 Å². The van der Waals surface area contributed by atoms with Crippen LogP contribution in [0.15, 0.2) is 71.6 Å². The molecule has 1 fully saturated rings. The van der Waals surface area contributed by atoms with E-state index in [4.69, 9.17) is 21.7 Å². The number of rotatable bonds is 6. The number of carbonyl (C=O) groups is 1. The molecule has 1 amide bonds. The van der Waals surface area contributed by atoms with E-state index in [1.165, 1.54) is 24.9 Å². The van der Waals surface area contributed by atoms with E-state index in [0.717, 1.165) is 16.8 Å². The largest absolute Gasteiger partial charge is 0.493 e. The molecule has 0 radical (unpaired) electrons. The third-order valence-corrected chi connectivity index (χ3v) is 6.18. The summed E-state index contributed by atoms with van der Waals surface area (Å²) in [5.41, 5.74) is 3.03. The second-order valence-electron chi connectivity index (χ2n) is 7.15. The van der Waals surface area contributed by atoms with Crippen molar-refractivity contribution in [3.8, 4) is 11.5 Å². The maximum absolute atomic E-state index is 13.8. The number of amides is 1. The summed E-state index contributed by atoms with van der Waals surface area (Å²) in [5, 5.41) is 0. The molecule has 0 atom stereocenters. The average Bonchev–Trinajstić information content (AvgIpc) is 3.06. The summed E-state index contributed by atoms with van der Waals surface area (Å²) in [6.45, 7) is 2.05. The minimum atomic E-state index is -0.321. The van der Waals surface area contributed by atoms with Crippen LogP contribution in [0.1, 0.15) is 16.7 Å². The number of hydrogen-bond acceptors (Lipinski definition) is 5. The fourth-order valence-electron chi connectivity index (χ4n) is 3.27. The van der Waals surface area contributed by atoms with Crippen LogP contribution in [0.2, 0.25) is 0 Å². The summed E-state index contributed by atoms with van der Waals surface area (Å²) < 4.78 is 25.5. The molecule has 1 aliphatic rings. The topological polar surface area (TPSA) is 38.8 Å². The van der Waals surface area contributed by atoms with Gasteiger partial charge in [0, 0.05) is 5.56 Å². The molecule has 0 bridgehead atoms. The van der Waals surface area contributed by atoms with Crippen LogP contribution in [0.5, 0.6) is 11.5 Å². The zero-order valence-electron chi connectivity index (χ0n) is 17.5. The van der Waals surface area contributed by atoms with Crippen molar-refractivity contribution in [1.82, 2.24) is 0 Å². The van der Waals surface area contributed by atoms with Crippen molar-refractivity contribution in [2.45, 2.75) is 13.5 Å². The summed E-state index contributed by atoms with van der Waals surface area (Å²) in [6.07, 6.45) is 1.78. The van der Waals surface area contributed by atoms with Crippen molar-refractivity contribution in [2.24, 2.45) is 0 Å².